The minimum atomic E-state index is -0.483. The molecule has 78 valence electrons. The summed E-state index contributed by atoms with van der Waals surface area (Å²) in [5.41, 5.74) is 11.5. The lowest BCUT2D eigenvalue weighted by molar-refractivity contribution is 0.146. The predicted molar refractivity (Wildman–Crippen MR) is 56.0 cm³/mol. The monoisotopic (exact) mass is 196 g/mol. The molecule has 0 amide bonds. The topological polar surface area (TPSA) is 81.5 Å². The van der Waals surface area contributed by atoms with Gasteiger partial charge in [0, 0.05) is 18.7 Å². The van der Waals surface area contributed by atoms with Crippen molar-refractivity contribution in [3.8, 4) is 5.75 Å². The summed E-state index contributed by atoms with van der Waals surface area (Å²) in [6, 6.07) is 7.14. The predicted octanol–water partition coefficient (Wildman–Crippen LogP) is 0.357. The second kappa shape index (κ2) is 5.47. The molecule has 0 saturated heterocycles. The van der Waals surface area contributed by atoms with E-state index < -0.39 is 6.10 Å². The molecule has 14 heavy (non-hydrogen) atoms. The summed E-state index contributed by atoms with van der Waals surface area (Å²) in [6.45, 7) is 0.730. The Labute approximate surface area is 83.5 Å². The molecule has 0 spiro atoms. The van der Waals surface area contributed by atoms with Crippen LogP contribution >= 0.6 is 0 Å². The Morgan fingerprint density at radius 1 is 1.29 bits per heavy atom. The summed E-state index contributed by atoms with van der Waals surface area (Å²) in [6.07, 6.45) is 0.0599. The fourth-order valence-electron chi connectivity index (χ4n) is 0.995. The van der Waals surface area contributed by atoms with E-state index in [4.69, 9.17) is 21.3 Å². The Kier molecular flexibility index (Phi) is 4.22. The fraction of sp³-hybridized carbons (Fsp3) is 0.400. The van der Waals surface area contributed by atoms with Gasteiger partial charge in [0.1, 0.15) is 5.75 Å². The van der Waals surface area contributed by atoms with E-state index in [1.54, 1.807) is 24.3 Å². The van der Waals surface area contributed by atoms with Gasteiger partial charge in [0.25, 0.3) is 0 Å². The molecule has 5 N–H and O–H groups in total. The second-order valence-corrected chi connectivity index (χ2v) is 3.10. The van der Waals surface area contributed by atoms with Crippen LogP contribution in [-0.4, -0.2) is 24.4 Å². The number of benzene rings is 1. The van der Waals surface area contributed by atoms with Crippen LogP contribution in [0.25, 0.3) is 0 Å². The number of aliphatic hydroxyl groups is 1. The number of anilines is 1. The number of nitrogen functional groups attached to an aromatic ring is 1. The number of nitrogens with two attached hydrogens (primary N) is 2. The van der Waals surface area contributed by atoms with Gasteiger partial charge in [0.15, 0.2) is 0 Å². The summed E-state index contributed by atoms with van der Waals surface area (Å²) in [5.74, 6) is 0.753. The summed E-state index contributed by atoms with van der Waals surface area (Å²) < 4.78 is 5.36. The Bertz CT molecular complexity index is 261. The van der Waals surface area contributed by atoms with Gasteiger partial charge in [-0.3, -0.25) is 0 Å². The van der Waals surface area contributed by atoms with E-state index in [1.807, 2.05) is 0 Å². The first-order valence-corrected chi connectivity index (χ1v) is 4.59. The van der Waals surface area contributed by atoms with Crippen LogP contribution in [0.2, 0.25) is 0 Å². The van der Waals surface area contributed by atoms with E-state index in [1.165, 1.54) is 0 Å². The van der Waals surface area contributed by atoms with Crippen molar-refractivity contribution < 1.29 is 9.84 Å². The molecular formula is C10H16N2O2. The Balaban J connectivity index is 2.28. The van der Waals surface area contributed by atoms with Gasteiger partial charge in [0.2, 0.25) is 0 Å². The lowest BCUT2D eigenvalue weighted by Gasteiger charge is -2.09. The van der Waals surface area contributed by atoms with Crippen molar-refractivity contribution in [3.05, 3.63) is 24.3 Å². The molecule has 1 rings (SSSR count). The van der Waals surface area contributed by atoms with Gasteiger partial charge in [-0.05, 0) is 24.3 Å². The normalized spacial score (nSPS) is 12.4. The van der Waals surface area contributed by atoms with E-state index in [-0.39, 0.29) is 6.54 Å². The van der Waals surface area contributed by atoms with Crippen molar-refractivity contribution in [1.82, 2.24) is 0 Å². The quantitative estimate of drug-likeness (QED) is 0.594. The first kappa shape index (κ1) is 10.8. The van der Waals surface area contributed by atoms with E-state index in [0.717, 1.165) is 5.75 Å². The van der Waals surface area contributed by atoms with E-state index in [2.05, 4.69) is 0 Å². The fourth-order valence-corrected chi connectivity index (χ4v) is 0.995. The Hall–Kier alpha value is -1.26. The second-order valence-electron chi connectivity index (χ2n) is 3.10. The number of ether oxygens (including phenoxy) is 1. The van der Waals surface area contributed by atoms with Gasteiger partial charge in [0.05, 0.1) is 12.7 Å². The molecule has 0 heterocycles. The van der Waals surface area contributed by atoms with Gasteiger partial charge < -0.3 is 21.3 Å². The molecule has 0 bridgehead atoms. The van der Waals surface area contributed by atoms with Crippen LogP contribution in [0.3, 0.4) is 0 Å². The number of aliphatic hydroxyl groups excluding tert-OH is 1. The summed E-state index contributed by atoms with van der Waals surface area (Å²) in [7, 11) is 0. The largest absolute Gasteiger partial charge is 0.493 e. The number of hydrogen-bond donors (Lipinski definition) is 3. The van der Waals surface area contributed by atoms with Crippen molar-refractivity contribution in [2.24, 2.45) is 5.73 Å². The molecule has 0 aliphatic rings. The third-order valence-electron chi connectivity index (χ3n) is 1.87. The first-order valence-electron chi connectivity index (χ1n) is 4.59. The molecule has 0 aliphatic carbocycles. The van der Waals surface area contributed by atoms with Gasteiger partial charge in [-0.25, -0.2) is 0 Å². The molecule has 1 unspecified atom stereocenters. The Morgan fingerprint density at radius 2 is 1.93 bits per heavy atom. The van der Waals surface area contributed by atoms with Crippen LogP contribution in [0, 0.1) is 0 Å². The lowest BCUT2D eigenvalue weighted by Crippen LogP contribution is -2.21. The lowest BCUT2D eigenvalue weighted by atomic mass is 10.2. The van der Waals surface area contributed by atoms with Crippen LogP contribution < -0.4 is 16.2 Å². The molecule has 0 fully saturated rings. The van der Waals surface area contributed by atoms with Crippen LogP contribution in [0.15, 0.2) is 24.3 Å². The zero-order valence-corrected chi connectivity index (χ0v) is 8.02. The number of hydrogen-bond acceptors (Lipinski definition) is 4. The van der Waals surface area contributed by atoms with E-state index in [9.17, 15) is 0 Å². The molecule has 1 aromatic rings. The van der Waals surface area contributed by atoms with Gasteiger partial charge in [-0.15, -0.1) is 0 Å². The minimum absolute atomic E-state index is 0.269. The molecular weight excluding hydrogens is 180 g/mol. The molecule has 4 nitrogen and oxygen atoms in total. The summed E-state index contributed by atoms with van der Waals surface area (Å²) in [4.78, 5) is 0. The Morgan fingerprint density at radius 3 is 2.50 bits per heavy atom. The minimum Gasteiger partial charge on any atom is -0.493 e. The highest BCUT2D eigenvalue weighted by atomic mass is 16.5. The molecule has 4 heteroatoms. The van der Waals surface area contributed by atoms with Crippen molar-refractivity contribution >= 4 is 5.69 Å². The zero-order valence-electron chi connectivity index (χ0n) is 8.02. The summed E-state index contributed by atoms with van der Waals surface area (Å²) >= 11 is 0. The third-order valence-corrected chi connectivity index (χ3v) is 1.87. The number of rotatable bonds is 5. The van der Waals surface area contributed by atoms with Gasteiger partial charge in [-0.2, -0.15) is 0 Å². The van der Waals surface area contributed by atoms with E-state index >= 15 is 0 Å². The molecule has 0 radical (unpaired) electrons. The third kappa shape index (κ3) is 3.64. The highest BCUT2D eigenvalue weighted by Crippen LogP contribution is 2.13. The molecule has 1 aromatic carbocycles. The van der Waals surface area contributed by atoms with Crippen molar-refractivity contribution in [3.63, 3.8) is 0 Å². The van der Waals surface area contributed by atoms with Crippen LogP contribution in [0.1, 0.15) is 6.42 Å². The summed E-state index contributed by atoms with van der Waals surface area (Å²) in [5, 5.41) is 9.16. The van der Waals surface area contributed by atoms with Crippen molar-refractivity contribution in [2.75, 3.05) is 18.9 Å². The maximum atomic E-state index is 9.16. The maximum absolute atomic E-state index is 9.16. The van der Waals surface area contributed by atoms with Crippen molar-refractivity contribution in [1.29, 1.82) is 0 Å². The highest BCUT2D eigenvalue weighted by molar-refractivity contribution is 5.41. The first-order chi connectivity index (χ1) is 6.72. The molecule has 1 atom stereocenters. The average molecular weight is 196 g/mol. The molecule has 0 aromatic heterocycles. The molecule has 0 saturated carbocycles. The average Bonchev–Trinajstić information content (AvgIpc) is 2.21. The van der Waals surface area contributed by atoms with Gasteiger partial charge in [-0.1, -0.05) is 0 Å². The SMILES string of the molecule is NCC(O)CCOc1ccc(N)cc1. The van der Waals surface area contributed by atoms with Crippen LogP contribution in [0.5, 0.6) is 5.75 Å². The van der Waals surface area contributed by atoms with Gasteiger partial charge >= 0.3 is 0 Å². The highest BCUT2D eigenvalue weighted by Gasteiger charge is 2.00. The van der Waals surface area contributed by atoms with E-state index in [0.29, 0.717) is 18.7 Å². The standard InChI is InChI=1S/C10H16N2O2/c11-7-9(13)5-6-14-10-3-1-8(12)2-4-10/h1-4,9,13H,5-7,11-12H2. The van der Waals surface area contributed by atoms with Crippen molar-refractivity contribution in [2.45, 2.75) is 12.5 Å². The maximum Gasteiger partial charge on any atom is 0.119 e. The smallest absolute Gasteiger partial charge is 0.119 e. The molecule has 0 aliphatic heterocycles. The zero-order chi connectivity index (χ0) is 10.4. The van der Waals surface area contributed by atoms with Crippen LogP contribution in [0.4, 0.5) is 5.69 Å². The van der Waals surface area contributed by atoms with Crippen LogP contribution in [-0.2, 0) is 0 Å².